The smallest absolute Gasteiger partial charge is 0.293 e. The number of para-hydroxylation sites is 1. The molecule has 0 spiro atoms. The topological polar surface area (TPSA) is 122 Å². The summed E-state index contributed by atoms with van der Waals surface area (Å²) in [7, 11) is -2.46. The summed E-state index contributed by atoms with van der Waals surface area (Å²) >= 11 is 0.813. The molecule has 10 nitrogen and oxygen atoms in total. The maximum Gasteiger partial charge on any atom is 0.293 e. The van der Waals surface area contributed by atoms with Crippen molar-refractivity contribution in [2.24, 2.45) is 0 Å². The van der Waals surface area contributed by atoms with Crippen LogP contribution in [0.1, 0.15) is 15.9 Å². The number of imide groups is 1. The second-order valence-electron chi connectivity index (χ2n) is 8.54. The van der Waals surface area contributed by atoms with Gasteiger partial charge in [-0.05, 0) is 65.9 Å². The highest BCUT2D eigenvalue weighted by molar-refractivity contribution is 8.18. The van der Waals surface area contributed by atoms with Crippen molar-refractivity contribution in [1.82, 2.24) is 10.2 Å². The molecule has 0 saturated carbocycles. The van der Waals surface area contributed by atoms with Crippen LogP contribution in [0.3, 0.4) is 0 Å². The minimum absolute atomic E-state index is 0.00489. The quantitative estimate of drug-likeness (QED) is 0.410. The maximum absolute atomic E-state index is 13.1. The average Bonchev–Trinajstić information content (AvgIpc) is 3.52. The number of ether oxygens (including phenoxy) is 2. The minimum Gasteiger partial charge on any atom is -0.454 e. The number of anilines is 1. The van der Waals surface area contributed by atoms with E-state index in [0.717, 1.165) is 21.0 Å². The molecule has 1 N–H and O–H groups in total. The Morgan fingerprint density at radius 3 is 2.59 bits per heavy atom. The van der Waals surface area contributed by atoms with E-state index < -0.39 is 27.1 Å². The number of fused-ring (bicyclic) bond motifs is 1. The summed E-state index contributed by atoms with van der Waals surface area (Å²) < 4.78 is 37.9. The number of carbonyl (C=O) groups excluding carboxylic acids is 3. The third-order valence-corrected chi connectivity index (χ3v) is 8.75. The molecule has 2 heterocycles. The molecule has 0 bridgehead atoms. The van der Waals surface area contributed by atoms with E-state index in [-0.39, 0.29) is 35.2 Å². The second kappa shape index (κ2) is 10.8. The first kappa shape index (κ1) is 26.3. The summed E-state index contributed by atoms with van der Waals surface area (Å²) in [6, 6.07) is 19.5. The molecule has 1 fully saturated rings. The number of thioether (sulfide) groups is 1. The van der Waals surface area contributed by atoms with Gasteiger partial charge in [0.2, 0.25) is 6.79 Å². The van der Waals surface area contributed by atoms with E-state index in [0.29, 0.717) is 22.7 Å². The molecule has 39 heavy (non-hydrogen) atoms. The number of benzene rings is 3. The third kappa shape index (κ3) is 5.47. The van der Waals surface area contributed by atoms with Gasteiger partial charge in [0.15, 0.2) is 11.5 Å². The van der Waals surface area contributed by atoms with Crippen molar-refractivity contribution < 1.29 is 32.3 Å². The largest absolute Gasteiger partial charge is 0.454 e. The molecular weight excluding hydrogens is 542 g/mol. The Morgan fingerprint density at radius 2 is 1.79 bits per heavy atom. The SMILES string of the molecule is CN(c1ccccc1)S(=O)(=O)c1cccc(C(=O)NCCN2C(=O)SC(=Cc3ccc4c(c3)OCO4)C2=O)c1. The molecule has 0 radical (unpaired) electrons. The van der Waals surface area contributed by atoms with Crippen LogP contribution in [0.4, 0.5) is 10.5 Å². The van der Waals surface area contributed by atoms with Crippen LogP contribution < -0.4 is 19.1 Å². The van der Waals surface area contributed by atoms with Crippen molar-refractivity contribution in [3.05, 3.63) is 88.8 Å². The van der Waals surface area contributed by atoms with Gasteiger partial charge in [-0.25, -0.2) is 8.42 Å². The molecule has 3 aromatic rings. The van der Waals surface area contributed by atoms with E-state index in [9.17, 15) is 22.8 Å². The van der Waals surface area contributed by atoms with Gasteiger partial charge in [0.1, 0.15) is 0 Å². The molecular formula is C27H23N3O7S2. The lowest BCUT2D eigenvalue weighted by Gasteiger charge is -2.19. The van der Waals surface area contributed by atoms with Crippen LogP contribution in [0.5, 0.6) is 11.5 Å². The van der Waals surface area contributed by atoms with Gasteiger partial charge in [-0.15, -0.1) is 0 Å². The highest BCUT2D eigenvalue weighted by Crippen LogP contribution is 2.36. The Balaban J connectivity index is 1.21. The number of nitrogens with one attached hydrogen (secondary N) is 1. The molecule has 12 heteroatoms. The number of rotatable bonds is 8. The van der Waals surface area contributed by atoms with E-state index >= 15 is 0 Å². The first-order chi connectivity index (χ1) is 18.7. The fourth-order valence-electron chi connectivity index (χ4n) is 3.96. The maximum atomic E-state index is 13.1. The number of carbonyl (C=O) groups is 3. The molecule has 3 amide bonds. The Morgan fingerprint density at radius 1 is 1.03 bits per heavy atom. The zero-order valence-electron chi connectivity index (χ0n) is 20.7. The van der Waals surface area contributed by atoms with Crippen LogP contribution in [0.2, 0.25) is 0 Å². The van der Waals surface area contributed by atoms with Crippen molar-refractivity contribution in [2.45, 2.75) is 4.90 Å². The summed E-state index contributed by atoms with van der Waals surface area (Å²) in [6.07, 6.45) is 1.60. The molecule has 5 rings (SSSR count). The fraction of sp³-hybridized carbons (Fsp3) is 0.148. The molecule has 0 aromatic heterocycles. The van der Waals surface area contributed by atoms with E-state index in [2.05, 4.69) is 5.32 Å². The lowest BCUT2D eigenvalue weighted by Crippen LogP contribution is -2.37. The van der Waals surface area contributed by atoms with Crippen LogP contribution in [0.25, 0.3) is 6.08 Å². The van der Waals surface area contributed by atoms with Gasteiger partial charge in [-0.2, -0.15) is 0 Å². The van der Waals surface area contributed by atoms with Gasteiger partial charge in [0, 0.05) is 25.7 Å². The van der Waals surface area contributed by atoms with Crippen LogP contribution in [0, 0.1) is 0 Å². The van der Waals surface area contributed by atoms with E-state index in [4.69, 9.17) is 9.47 Å². The first-order valence-corrected chi connectivity index (χ1v) is 14.1. The van der Waals surface area contributed by atoms with Crippen molar-refractivity contribution >= 4 is 50.6 Å². The zero-order chi connectivity index (χ0) is 27.6. The van der Waals surface area contributed by atoms with E-state index in [1.807, 2.05) is 0 Å². The number of hydrogen-bond donors (Lipinski definition) is 1. The lowest BCUT2D eigenvalue weighted by atomic mass is 10.2. The summed E-state index contributed by atoms with van der Waals surface area (Å²) in [5.74, 6) is 0.183. The molecule has 200 valence electrons. The van der Waals surface area contributed by atoms with Crippen molar-refractivity contribution in [3.8, 4) is 11.5 Å². The van der Waals surface area contributed by atoms with E-state index in [1.54, 1.807) is 54.6 Å². The number of hydrogen-bond acceptors (Lipinski definition) is 8. The molecule has 0 aliphatic carbocycles. The third-order valence-electron chi connectivity index (χ3n) is 6.06. The van der Waals surface area contributed by atoms with Gasteiger partial charge in [0.05, 0.1) is 15.5 Å². The van der Waals surface area contributed by atoms with Crippen LogP contribution in [-0.4, -0.2) is 57.3 Å². The van der Waals surface area contributed by atoms with Gasteiger partial charge < -0.3 is 14.8 Å². The fourth-order valence-corrected chi connectivity index (χ4v) is 6.07. The summed E-state index contributed by atoms with van der Waals surface area (Å²) in [6.45, 7) is 0.0879. The van der Waals surface area contributed by atoms with Gasteiger partial charge in [0.25, 0.3) is 27.1 Å². The number of amides is 3. The standard InChI is InChI=1S/C27H23N3O7S2/c1-29(20-7-3-2-4-8-20)39(34,35)21-9-5-6-19(16-21)25(31)28-12-13-30-26(32)24(38-27(30)33)15-18-10-11-22-23(14-18)37-17-36-22/h2-11,14-16H,12-13,17H2,1H3,(H,28,31). The summed E-state index contributed by atoms with van der Waals surface area (Å²) in [5, 5.41) is 2.20. The van der Waals surface area contributed by atoms with Crippen LogP contribution in [-0.2, 0) is 14.8 Å². The monoisotopic (exact) mass is 565 g/mol. The molecule has 2 aliphatic rings. The second-order valence-corrected chi connectivity index (χ2v) is 11.5. The molecule has 3 aromatic carbocycles. The Labute approximate surface area is 229 Å². The summed E-state index contributed by atoms with van der Waals surface area (Å²) in [4.78, 5) is 39.3. The van der Waals surface area contributed by atoms with Crippen molar-refractivity contribution in [3.63, 3.8) is 0 Å². The summed E-state index contributed by atoms with van der Waals surface area (Å²) in [5.41, 5.74) is 1.30. The molecule has 1 saturated heterocycles. The minimum atomic E-state index is -3.90. The molecule has 0 unspecified atom stereocenters. The predicted molar refractivity (Wildman–Crippen MR) is 146 cm³/mol. The normalized spacial score (nSPS) is 15.6. The van der Waals surface area contributed by atoms with Crippen molar-refractivity contribution in [1.29, 1.82) is 0 Å². The Bertz CT molecular complexity index is 1590. The lowest BCUT2D eigenvalue weighted by molar-refractivity contribution is -0.122. The molecule has 2 aliphatic heterocycles. The predicted octanol–water partition coefficient (Wildman–Crippen LogP) is 3.71. The Hall–Kier alpha value is -4.29. The molecule has 0 atom stereocenters. The number of nitrogens with zero attached hydrogens (tertiary/aromatic N) is 2. The van der Waals surface area contributed by atoms with Gasteiger partial charge in [-0.3, -0.25) is 23.6 Å². The van der Waals surface area contributed by atoms with Crippen LogP contribution >= 0.6 is 11.8 Å². The van der Waals surface area contributed by atoms with Gasteiger partial charge in [-0.1, -0.05) is 30.3 Å². The van der Waals surface area contributed by atoms with Crippen molar-refractivity contribution in [2.75, 3.05) is 31.2 Å². The average molecular weight is 566 g/mol. The highest BCUT2D eigenvalue weighted by Gasteiger charge is 2.35. The van der Waals surface area contributed by atoms with Crippen LogP contribution in [0.15, 0.2) is 82.6 Å². The van der Waals surface area contributed by atoms with E-state index in [1.165, 1.54) is 31.3 Å². The highest BCUT2D eigenvalue weighted by atomic mass is 32.2. The Kier molecular flexibility index (Phi) is 7.31. The van der Waals surface area contributed by atoms with Gasteiger partial charge >= 0.3 is 0 Å². The first-order valence-electron chi connectivity index (χ1n) is 11.8. The number of sulfonamides is 1. The zero-order valence-corrected chi connectivity index (χ0v) is 22.3.